The maximum absolute atomic E-state index is 13.5. The molecule has 4 aliphatic rings. The second-order valence-corrected chi connectivity index (χ2v) is 8.56. The second kappa shape index (κ2) is 4.93. The average Bonchev–Trinajstić information content (AvgIpc) is 3.30. The lowest BCUT2D eigenvalue weighted by Crippen LogP contribution is -2.51. The van der Waals surface area contributed by atoms with E-state index in [-0.39, 0.29) is 29.6 Å². The van der Waals surface area contributed by atoms with Gasteiger partial charge in [-0.25, -0.2) is 9.88 Å². The number of carbonyl (C=O) groups is 2. The Kier molecular flexibility index (Phi) is 2.79. The molecule has 4 nitrogen and oxygen atoms in total. The third-order valence-corrected chi connectivity index (χ3v) is 7.41. The predicted octanol–water partition coefficient (Wildman–Crippen LogP) is 3.71. The quantitative estimate of drug-likeness (QED) is 0.612. The van der Waals surface area contributed by atoms with E-state index in [2.05, 4.69) is 36.2 Å². The second-order valence-electron chi connectivity index (χ2n) is 7.68. The summed E-state index contributed by atoms with van der Waals surface area (Å²) in [7, 11) is 0. The Hall–Kier alpha value is -2.79. The number of anilines is 1. The Balaban J connectivity index is 1.66. The third-order valence-electron chi connectivity index (χ3n) is 6.65. The van der Waals surface area contributed by atoms with Crippen molar-refractivity contribution in [1.29, 1.82) is 0 Å². The molecule has 0 radical (unpaired) electrons. The van der Waals surface area contributed by atoms with Gasteiger partial charge in [0.15, 0.2) is 5.13 Å². The molecule has 7 rings (SSSR count). The maximum atomic E-state index is 13.5. The molecule has 3 aromatic rings. The van der Waals surface area contributed by atoms with Gasteiger partial charge in [0.2, 0.25) is 11.8 Å². The molecule has 1 fully saturated rings. The van der Waals surface area contributed by atoms with Gasteiger partial charge >= 0.3 is 0 Å². The summed E-state index contributed by atoms with van der Waals surface area (Å²) in [5.74, 6) is -1.05. The van der Waals surface area contributed by atoms with Gasteiger partial charge in [0.1, 0.15) is 0 Å². The molecular weight excluding hydrogens is 356 g/mol. The molecule has 1 saturated heterocycles. The highest BCUT2D eigenvalue weighted by Crippen LogP contribution is 2.64. The number of nitrogens with zero attached hydrogens (tertiary/aromatic N) is 2. The molecule has 2 bridgehead atoms. The van der Waals surface area contributed by atoms with E-state index in [4.69, 9.17) is 0 Å². The summed E-state index contributed by atoms with van der Waals surface area (Å²) in [5, 5.41) is 2.29. The highest BCUT2D eigenvalue weighted by atomic mass is 32.1. The van der Waals surface area contributed by atoms with Crippen LogP contribution < -0.4 is 4.90 Å². The van der Waals surface area contributed by atoms with Gasteiger partial charge in [0, 0.05) is 22.9 Å². The number of aromatic nitrogens is 1. The van der Waals surface area contributed by atoms with Gasteiger partial charge in [0.05, 0.1) is 11.8 Å². The van der Waals surface area contributed by atoms with Crippen LogP contribution in [0.3, 0.4) is 0 Å². The summed E-state index contributed by atoms with van der Waals surface area (Å²) in [5.41, 5.74) is 4.21. The summed E-state index contributed by atoms with van der Waals surface area (Å²) < 4.78 is 0. The van der Waals surface area contributed by atoms with Crippen LogP contribution in [0.2, 0.25) is 0 Å². The Labute approximate surface area is 160 Å². The number of imide groups is 1. The summed E-state index contributed by atoms with van der Waals surface area (Å²) >= 11 is 1.34. The predicted molar refractivity (Wildman–Crippen MR) is 103 cm³/mol. The summed E-state index contributed by atoms with van der Waals surface area (Å²) in [4.78, 5) is 32.6. The number of carbonyl (C=O) groups excluding carboxylic acids is 2. The number of amides is 2. The molecule has 2 heterocycles. The Bertz CT molecular complexity index is 1070. The van der Waals surface area contributed by atoms with Crippen molar-refractivity contribution in [1.82, 2.24) is 4.98 Å². The van der Waals surface area contributed by atoms with Crippen LogP contribution in [0, 0.1) is 11.8 Å². The highest BCUT2D eigenvalue weighted by molar-refractivity contribution is 7.14. The molecule has 1 aromatic heterocycles. The molecule has 27 heavy (non-hydrogen) atoms. The van der Waals surface area contributed by atoms with Crippen LogP contribution in [-0.2, 0) is 15.0 Å². The Morgan fingerprint density at radius 3 is 2.19 bits per heavy atom. The molecule has 0 spiro atoms. The zero-order valence-electron chi connectivity index (χ0n) is 14.6. The van der Waals surface area contributed by atoms with Gasteiger partial charge in [-0.3, -0.25) is 9.59 Å². The molecule has 0 saturated carbocycles. The first-order chi connectivity index (χ1) is 13.1. The third kappa shape index (κ3) is 1.62. The first kappa shape index (κ1) is 15.3. The minimum atomic E-state index is -0.509. The van der Waals surface area contributed by atoms with E-state index in [9.17, 15) is 9.59 Å². The van der Waals surface area contributed by atoms with Gasteiger partial charge in [-0.2, -0.15) is 0 Å². The van der Waals surface area contributed by atoms with Crippen molar-refractivity contribution < 1.29 is 9.59 Å². The van der Waals surface area contributed by atoms with E-state index >= 15 is 0 Å². The SMILES string of the molecule is CC12c3ccccc3C(c3ccccc31)[C@H]1C(=O)N(c3nccs3)C(=O)[C@H]12. The van der Waals surface area contributed by atoms with Crippen LogP contribution in [0.15, 0.2) is 60.1 Å². The molecule has 2 amide bonds. The van der Waals surface area contributed by atoms with Gasteiger partial charge in [-0.05, 0) is 22.3 Å². The molecule has 132 valence electrons. The molecular formula is C22H16N2O2S. The van der Waals surface area contributed by atoms with Crippen LogP contribution in [0.25, 0.3) is 0 Å². The summed E-state index contributed by atoms with van der Waals surface area (Å²) in [6.07, 6.45) is 1.64. The van der Waals surface area contributed by atoms with Crippen LogP contribution in [0.1, 0.15) is 35.1 Å². The average molecular weight is 372 g/mol. The van der Waals surface area contributed by atoms with Crippen molar-refractivity contribution in [2.45, 2.75) is 18.3 Å². The van der Waals surface area contributed by atoms with E-state index < -0.39 is 5.41 Å². The molecule has 1 aliphatic heterocycles. The maximum Gasteiger partial charge on any atom is 0.240 e. The van der Waals surface area contributed by atoms with Crippen LogP contribution >= 0.6 is 11.3 Å². The van der Waals surface area contributed by atoms with Crippen molar-refractivity contribution >= 4 is 28.3 Å². The van der Waals surface area contributed by atoms with E-state index in [1.54, 1.807) is 11.6 Å². The molecule has 5 heteroatoms. The minimum Gasteiger partial charge on any atom is -0.274 e. The fourth-order valence-electron chi connectivity index (χ4n) is 5.67. The number of hydrogen-bond acceptors (Lipinski definition) is 4. The number of benzene rings is 2. The standard InChI is InChI=1S/C22H16N2O2S/c1-22-14-8-4-2-6-12(14)16(13-7-3-5-9-15(13)22)17-18(22)20(26)24(19(17)25)21-23-10-11-27-21/h2-11,16-18H,1H3/t16?,17-,18+,22?/m1/s1. The number of thiazole rings is 1. The Morgan fingerprint density at radius 2 is 1.59 bits per heavy atom. The minimum absolute atomic E-state index is 0.0781. The fourth-order valence-corrected chi connectivity index (χ4v) is 6.32. The fraction of sp³-hybridized carbons (Fsp3) is 0.227. The Morgan fingerprint density at radius 1 is 0.963 bits per heavy atom. The number of hydrogen-bond donors (Lipinski definition) is 0. The molecule has 0 N–H and O–H groups in total. The van der Waals surface area contributed by atoms with E-state index in [0.29, 0.717) is 5.13 Å². The largest absolute Gasteiger partial charge is 0.274 e. The first-order valence-corrected chi connectivity index (χ1v) is 9.98. The highest BCUT2D eigenvalue weighted by Gasteiger charge is 2.66. The van der Waals surface area contributed by atoms with Gasteiger partial charge in [0.25, 0.3) is 0 Å². The normalized spacial score (nSPS) is 30.3. The lowest BCUT2D eigenvalue weighted by molar-refractivity contribution is -0.123. The van der Waals surface area contributed by atoms with E-state index in [1.165, 1.54) is 38.5 Å². The van der Waals surface area contributed by atoms with E-state index in [0.717, 1.165) is 0 Å². The smallest absolute Gasteiger partial charge is 0.240 e. The van der Waals surface area contributed by atoms with Crippen LogP contribution in [-0.4, -0.2) is 16.8 Å². The van der Waals surface area contributed by atoms with Gasteiger partial charge < -0.3 is 0 Å². The first-order valence-electron chi connectivity index (χ1n) is 9.10. The molecule has 2 atom stereocenters. The lowest BCUT2D eigenvalue weighted by Gasteiger charge is -2.52. The lowest BCUT2D eigenvalue weighted by atomic mass is 9.48. The van der Waals surface area contributed by atoms with Gasteiger partial charge in [-0.15, -0.1) is 11.3 Å². The monoisotopic (exact) mass is 372 g/mol. The summed E-state index contributed by atoms with van der Waals surface area (Å²) in [6, 6.07) is 16.6. The molecule has 0 unspecified atom stereocenters. The van der Waals surface area contributed by atoms with Crippen molar-refractivity contribution in [3.8, 4) is 0 Å². The summed E-state index contributed by atoms with van der Waals surface area (Å²) in [6.45, 7) is 2.13. The van der Waals surface area contributed by atoms with Crippen molar-refractivity contribution in [2.75, 3.05) is 4.90 Å². The molecule has 3 aliphatic carbocycles. The van der Waals surface area contributed by atoms with E-state index in [1.807, 2.05) is 24.3 Å². The van der Waals surface area contributed by atoms with Crippen molar-refractivity contribution in [3.63, 3.8) is 0 Å². The van der Waals surface area contributed by atoms with Crippen LogP contribution in [0.5, 0.6) is 0 Å². The van der Waals surface area contributed by atoms with Crippen molar-refractivity contribution in [2.24, 2.45) is 11.8 Å². The molecule has 2 aromatic carbocycles. The zero-order valence-corrected chi connectivity index (χ0v) is 15.4. The van der Waals surface area contributed by atoms with Gasteiger partial charge in [-0.1, -0.05) is 55.5 Å². The van der Waals surface area contributed by atoms with Crippen molar-refractivity contribution in [3.05, 3.63) is 82.4 Å². The zero-order chi connectivity index (χ0) is 18.3. The van der Waals surface area contributed by atoms with Crippen LogP contribution in [0.4, 0.5) is 5.13 Å². The number of rotatable bonds is 1. The topological polar surface area (TPSA) is 50.3 Å².